The zero-order valence-electron chi connectivity index (χ0n) is 19.0. The molecule has 0 aromatic carbocycles. The summed E-state index contributed by atoms with van der Waals surface area (Å²) in [5.41, 5.74) is -1.57. The van der Waals surface area contributed by atoms with Crippen molar-refractivity contribution in [3.63, 3.8) is 0 Å². The molecule has 9 heteroatoms. The Morgan fingerprint density at radius 3 is 1.19 bits per heavy atom. The van der Waals surface area contributed by atoms with Crippen LogP contribution in [0.1, 0.15) is 67.2 Å². The first-order valence-electron chi connectivity index (χ1n) is 10.3. The maximum atomic E-state index is 10.2. The third kappa shape index (κ3) is 21.8. The van der Waals surface area contributed by atoms with E-state index in [4.69, 9.17) is 30.6 Å². The molecule has 0 amide bonds. The predicted octanol–water partition coefficient (Wildman–Crippen LogP) is 0.751. The zero-order chi connectivity index (χ0) is 24.5. The van der Waals surface area contributed by atoms with Crippen LogP contribution in [0.2, 0.25) is 0 Å². The molecule has 0 saturated carbocycles. The van der Waals surface area contributed by atoms with E-state index in [-0.39, 0.29) is 53.0 Å². The number of hydrogen-bond acceptors (Lipinski definition) is 9. The Kier molecular flexibility index (Phi) is 37.3. The van der Waals surface area contributed by atoms with Crippen LogP contribution in [0.25, 0.3) is 0 Å². The van der Waals surface area contributed by atoms with Crippen molar-refractivity contribution in [1.29, 1.82) is 0 Å². The van der Waals surface area contributed by atoms with Gasteiger partial charge in [-0.25, -0.2) is 0 Å². The van der Waals surface area contributed by atoms with E-state index in [0.29, 0.717) is 25.5 Å². The highest BCUT2D eigenvalue weighted by molar-refractivity contribution is 5.59. The van der Waals surface area contributed by atoms with Gasteiger partial charge in [0.15, 0.2) is 0 Å². The van der Waals surface area contributed by atoms with Crippen LogP contribution in [0.15, 0.2) is 0 Å². The second kappa shape index (κ2) is 28.8. The Hall–Kier alpha value is -1.23. The van der Waals surface area contributed by atoms with Crippen molar-refractivity contribution in [3.8, 4) is 0 Å². The van der Waals surface area contributed by atoms with Gasteiger partial charge in [0, 0.05) is 17.8 Å². The van der Waals surface area contributed by atoms with Crippen molar-refractivity contribution in [2.24, 2.45) is 16.7 Å². The van der Waals surface area contributed by atoms with Crippen molar-refractivity contribution in [2.75, 3.05) is 39.6 Å². The fourth-order valence-corrected chi connectivity index (χ4v) is 1.30. The highest BCUT2D eigenvalue weighted by Crippen LogP contribution is 2.18. The zero-order valence-corrected chi connectivity index (χ0v) is 19.0. The summed E-state index contributed by atoms with van der Waals surface area (Å²) in [6.45, 7) is 6.39. The summed E-state index contributed by atoms with van der Waals surface area (Å²) in [5.74, 6) is -0.139. The molecule has 1 unspecified atom stereocenters. The maximum absolute atomic E-state index is 10.2. The summed E-state index contributed by atoms with van der Waals surface area (Å²) >= 11 is 0. The molecule has 0 fully saturated rings. The number of carbonyl (C=O) groups is 3. The van der Waals surface area contributed by atoms with Crippen LogP contribution in [0.3, 0.4) is 0 Å². The molecular weight excluding hydrogens is 408 g/mol. The van der Waals surface area contributed by atoms with Gasteiger partial charge in [0.05, 0.1) is 45.1 Å². The molecule has 0 aromatic rings. The summed E-state index contributed by atoms with van der Waals surface area (Å²) in [5, 5.41) is 51.4. The molecule has 0 aromatic heterocycles. The van der Waals surface area contributed by atoms with Crippen LogP contribution in [0.5, 0.6) is 0 Å². The summed E-state index contributed by atoms with van der Waals surface area (Å²) in [4.78, 5) is 29.4. The van der Waals surface area contributed by atoms with Gasteiger partial charge in [0.25, 0.3) is 0 Å². The van der Waals surface area contributed by atoms with Gasteiger partial charge < -0.3 is 45.0 Å². The van der Waals surface area contributed by atoms with Crippen LogP contribution in [0.4, 0.5) is 0 Å². The number of hydrogen-bond donors (Lipinski definition) is 6. The summed E-state index contributed by atoms with van der Waals surface area (Å²) in [6.07, 6.45) is 5.80. The van der Waals surface area contributed by atoms with Crippen LogP contribution < -0.4 is 0 Å². The van der Waals surface area contributed by atoms with Gasteiger partial charge in [-0.3, -0.25) is 0 Å². The molecule has 0 heterocycles. The summed E-state index contributed by atoms with van der Waals surface area (Å²) < 4.78 is 0. The lowest BCUT2D eigenvalue weighted by Gasteiger charge is -2.24. The average molecular weight is 457 g/mol. The Morgan fingerprint density at radius 2 is 1.19 bits per heavy atom. The third-order valence-corrected chi connectivity index (χ3v) is 4.70. The molecule has 0 rings (SSSR count). The van der Waals surface area contributed by atoms with Crippen LogP contribution in [0, 0.1) is 16.7 Å². The Bertz CT molecular complexity index is 338. The van der Waals surface area contributed by atoms with E-state index < -0.39 is 10.8 Å². The molecular formula is C22H48O9. The first-order valence-corrected chi connectivity index (χ1v) is 10.3. The van der Waals surface area contributed by atoms with Gasteiger partial charge in [-0.1, -0.05) is 35.1 Å². The van der Waals surface area contributed by atoms with Crippen LogP contribution in [-0.4, -0.2) is 89.1 Å². The van der Waals surface area contributed by atoms with E-state index in [1.807, 2.05) is 20.8 Å². The molecule has 0 aliphatic rings. The quantitative estimate of drug-likeness (QED) is 0.219. The lowest BCUT2D eigenvalue weighted by atomic mass is 9.88. The van der Waals surface area contributed by atoms with Gasteiger partial charge in [0.2, 0.25) is 0 Å². The summed E-state index contributed by atoms with van der Waals surface area (Å²) in [6, 6.07) is 0. The van der Waals surface area contributed by atoms with Gasteiger partial charge in [-0.2, -0.15) is 0 Å². The molecule has 31 heavy (non-hydrogen) atoms. The van der Waals surface area contributed by atoms with Crippen LogP contribution in [-0.2, 0) is 14.4 Å². The Balaban J connectivity index is -0.0000000980. The number of aliphatic hydroxyl groups excluding tert-OH is 6. The predicted molar refractivity (Wildman–Crippen MR) is 122 cm³/mol. The molecule has 0 aliphatic carbocycles. The fourth-order valence-electron chi connectivity index (χ4n) is 1.30. The molecule has 0 aliphatic heterocycles. The van der Waals surface area contributed by atoms with E-state index in [1.165, 1.54) is 0 Å². The van der Waals surface area contributed by atoms with Gasteiger partial charge in [0.1, 0.15) is 18.9 Å². The third-order valence-electron chi connectivity index (χ3n) is 4.70. The Morgan fingerprint density at radius 1 is 0.742 bits per heavy atom. The van der Waals surface area contributed by atoms with Crippen LogP contribution >= 0.6 is 0 Å². The standard InChI is InChI=1S/C6H14O3.C6H12O3.C5H10O2.C4H8O.CH4/c2*1-2-6(3-7,4-8)5-9;1-2-5(3-6)4-7;1-2-3-4-5;/h7-9H,2-5H2,1H3;3,8-9H,2,4-5H2,1H3;3,5,7H,2,4H2,1H3;4H,2-3H2,1H3;1H4. The first-order chi connectivity index (χ1) is 14.2. The number of rotatable bonds is 13. The number of unbranched alkanes of at least 4 members (excludes halogenated alkanes) is 1. The highest BCUT2D eigenvalue weighted by atomic mass is 16.3. The lowest BCUT2D eigenvalue weighted by molar-refractivity contribution is -0.121. The molecule has 1 atom stereocenters. The molecule has 0 spiro atoms. The Labute approximate surface area is 188 Å². The van der Waals surface area contributed by atoms with E-state index in [0.717, 1.165) is 25.4 Å². The molecule has 190 valence electrons. The monoisotopic (exact) mass is 456 g/mol. The number of aliphatic hydroxyl groups is 6. The van der Waals surface area contributed by atoms with E-state index in [9.17, 15) is 14.4 Å². The number of aldehydes is 3. The minimum Gasteiger partial charge on any atom is -0.396 e. The minimum absolute atomic E-state index is 0. The SMILES string of the molecule is C.CCC(C=O)(CO)CO.CCC(C=O)CO.CCC(CO)(CO)CO.CCCC=O. The average Bonchev–Trinajstić information content (AvgIpc) is 2.81. The summed E-state index contributed by atoms with van der Waals surface area (Å²) in [7, 11) is 0. The maximum Gasteiger partial charge on any atom is 0.130 e. The molecule has 0 radical (unpaired) electrons. The second-order valence-electron chi connectivity index (χ2n) is 6.92. The van der Waals surface area contributed by atoms with Gasteiger partial charge in [-0.05, 0) is 25.7 Å². The largest absolute Gasteiger partial charge is 0.396 e. The lowest BCUT2D eigenvalue weighted by Crippen LogP contribution is -2.32. The molecule has 0 saturated heterocycles. The fraction of sp³-hybridized carbons (Fsp3) is 0.864. The second-order valence-corrected chi connectivity index (χ2v) is 6.92. The van der Waals surface area contributed by atoms with Crippen molar-refractivity contribution in [3.05, 3.63) is 0 Å². The molecule has 9 nitrogen and oxygen atoms in total. The van der Waals surface area contributed by atoms with Crippen molar-refractivity contribution in [1.82, 2.24) is 0 Å². The van der Waals surface area contributed by atoms with Gasteiger partial charge >= 0.3 is 0 Å². The highest BCUT2D eigenvalue weighted by Gasteiger charge is 2.25. The van der Waals surface area contributed by atoms with Crippen molar-refractivity contribution in [2.45, 2.75) is 67.2 Å². The minimum atomic E-state index is -0.903. The number of carbonyl (C=O) groups excluding carboxylic acids is 3. The van der Waals surface area contributed by atoms with E-state index in [2.05, 4.69) is 0 Å². The molecule has 0 bridgehead atoms. The van der Waals surface area contributed by atoms with Gasteiger partial charge in [-0.15, -0.1) is 0 Å². The topological polar surface area (TPSA) is 173 Å². The first kappa shape index (κ1) is 40.2. The molecule has 6 N–H and O–H groups in total. The van der Waals surface area contributed by atoms with Crippen molar-refractivity contribution >= 4 is 18.9 Å². The van der Waals surface area contributed by atoms with E-state index >= 15 is 0 Å². The smallest absolute Gasteiger partial charge is 0.130 e. The van der Waals surface area contributed by atoms with Crippen molar-refractivity contribution < 1.29 is 45.0 Å². The van der Waals surface area contributed by atoms with E-state index in [1.54, 1.807) is 6.92 Å². The normalized spacial score (nSPS) is 11.0.